The smallest absolute Gasteiger partial charge is 0.311 e. The first kappa shape index (κ1) is 22.6. The van der Waals surface area contributed by atoms with Gasteiger partial charge in [0.15, 0.2) is 0 Å². The summed E-state index contributed by atoms with van der Waals surface area (Å²) in [5.41, 5.74) is 0.0491. The number of carbonyl (C=O) groups is 1. The Bertz CT molecular complexity index is 838. The Balaban J connectivity index is 1.25. The predicted octanol–water partition coefficient (Wildman–Crippen LogP) is 3.54. The van der Waals surface area contributed by atoms with Crippen LogP contribution < -0.4 is 10.2 Å². The molecule has 0 spiro atoms. The Morgan fingerprint density at radius 2 is 1.69 bits per heavy atom. The molecule has 5 aliphatic rings. The van der Waals surface area contributed by atoms with Gasteiger partial charge < -0.3 is 15.1 Å². The number of aliphatic hydroxyl groups is 1. The van der Waals surface area contributed by atoms with Crippen molar-refractivity contribution in [3.63, 3.8) is 0 Å². The van der Waals surface area contributed by atoms with Crippen molar-refractivity contribution in [2.75, 3.05) is 31.1 Å². The van der Waals surface area contributed by atoms with Gasteiger partial charge >= 0.3 is 5.97 Å². The lowest BCUT2D eigenvalue weighted by Crippen LogP contribution is -2.70. The molecule has 5 fully saturated rings. The van der Waals surface area contributed by atoms with Gasteiger partial charge in [-0.2, -0.15) is 0 Å². The highest BCUT2D eigenvalue weighted by molar-refractivity contribution is 9.10. The second-order valence-corrected chi connectivity index (χ2v) is 12.1. The lowest BCUT2D eigenvalue weighted by molar-refractivity contribution is -0.175. The van der Waals surface area contributed by atoms with Crippen molar-refractivity contribution in [2.24, 2.45) is 23.2 Å². The highest BCUT2D eigenvalue weighted by Gasteiger charge is 2.61. The molecule has 32 heavy (non-hydrogen) atoms. The van der Waals surface area contributed by atoms with Crippen LogP contribution in [0.5, 0.6) is 0 Å². The lowest BCUT2D eigenvalue weighted by atomic mass is 9.47. The summed E-state index contributed by atoms with van der Waals surface area (Å²) in [4.78, 5) is 17.2. The molecule has 3 N–H and O–H groups in total. The Morgan fingerprint density at radius 3 is 2.25 bits per heavy atom. The fourth-order valence-electron chi connectivity index (χ4n) is 7.38. The van der Waals surface area contributed by atoms with Gasteiger partial charge in [-0.15, -0.1) is 0 Å². The van der Waals surface area contributed by atoms with E-state index in [0.717, 1.165) is 56.3 Å². The summed E-state index contributed by atoms with van der Waals surface area (Å²) in [6, 6.07) is 8.29. The topological polar surface area (TPSA) is 76.0 Å². The summed E-state index contributed by atoms with van der Waals surface area (Å²) in [7, 11) is 0. The number of aliphatic carboxylic acids is 1. The van der Waals surface area contributed by atoms with Crippen molar-refractivity contribution in [1.29, 1.82) is 0 Å². The molecule has 1 aromatic carbocycles. The maximum absolute atomic E-state index is 12.4. The summed E-state index contributed by atoms with van der Waals surface area (Å²) < 4.78 is 1.08. The minimum atomic E-state index is -0.763. The van der Waals surface area contributed by atoms with Gasteiger partial charge in [0.1, 0.15) is 6.23 Å². The molecular formula is C25H36BrN3O3. The summed E-state index contributed by atoms with van der Waals surface area (Å²) in [6.45, 7) is 7.72. The molecule has 7 heteroatoms. The van der Waals surface area contributed by atoms with Gasteiger partial charge in [0.05, 0.1) is 11.0 Å². The molecule has 6 rings (SSSR count). The first-order chi connectivity index (χ1) is 15.2. The standard InChI is InChI=1S/C25H36BrN3O3/c1-24(2,29-9-7-28(8-10-29)20-5-3-19(26)4-6-20)22(30)27-21-18-12-16-11-17(13-18)15-25(21,14-16)23(31)32/h3-6,16-18,21-22,27,30H,7-15H2,1-2H3,(H,31,32). The molecule has 1 saturated heterocycles. The van der Waals surface area contributed by atoms with Crippen LogP contribution in [0.15, 0.2) is 28.7 Å². The number of anilines is 1. The minimum absolute atomic E-state index is 0.133. The minimum Gasteiger partial charge on any atom is -0.481 e. The molecule has 0 aromatic heterocycles. The van der Waals surface area contributed by atoms with E-state index in [1.807, 2.05) is 0 Å². The van der Waals surface area contributed by atoms with Crippen LogP contribution >= 0.6 is 15.9 Å². The van der Waals surface area contributed by atoms with Crippen LogP contribution in [-0.2, 0) is 4.79 Å². The second kappa shape index (κ2) is 8.26. The first-order valence-electron chi connectivity index (χ1n) is 12.1. The van der Waals surface area contributed by atoms with E-state index in [1.54, 1.807) is 0 Å². The Hall–Kier alpha value is -1.15. The molecular weight excluding hydrogens is 470 g/mol. The van der Waals surface area contributed by atoms with E-state index in [0.29, 0.717) is 17.8 Å². The zero-order valence-corrected chi connectivity index (χ0v) is 20.7. The Morgan fingerprint density at radius 1 is 1.09 bits per heavy atom. The third-order valence-electron chi connectivity index (χ3n) is 9.03. The average Bonchev–Trinajstić information content (AvgIpc) is 2.76. The normalized spacial score (nSPS) is 35.8. The number of aliphatic hydroxyl groups excluding tert-OH is 1. The molecule has 0 amide bonds. The zero-order valence-electron chi connectivity index (χ0n) is 19.1. The number of piperazine rings is 1. The molecule has 6 nitrogen and oxygen atoms in total. The van der Waals surface area contributed by atoms with E-state index >= 15 is 0 Å². The SMILES string of the molecule is CC(C)(C(O)NC1C2CC3CC(C2)CC1(C(=O)O)C3)N1CCN(c2ccc(Br)cc2)CC1. The number of benzene rings is 1. The fraction of sp³-hybridized carbons (Fsp3) is 0.720. The maximum atomic E-state index is 12.4. The van der Waals surface area contributed by atoms with Crippen molar-refractivity contribution in [3.05, 3.63) is 28.7 Å². The molecule has 176 valence electrons. The summed E-state index contributed by atoms with van der Waals surface area (Å²) in [6.07, 6.45) is 4.21. The second-order valence-electron chi connectivity index (χ2n) is 11.2. The van der Waals surface area contributed by atoms with Crippen LogP contribution in [0, 0.1) is 23.2 Å². The summed E-state index contributed by atoms with van der Waals surface area (Å²) in [5.74, 6) is 0.816. The van der Waals surface area contributed by atoms with Gasteiger partial charge in [-0.1, -0.05) is 15.9 Å². The molecule has 4 unspecified atom stereocenters. The molecule has 4 atom stereocenters. The zero-order chi connectivity index (χ0) is 22.7. The van der Waals surface area contributed by atoms with E-state index in [-0.39, 0.29) is 6.04 Å². The van der Waals surface area contributed by atoms with E-state index in [4.69, 9.17) is 0 Å². The van der Waals surface area contributed by atoms with E-state index in [9.17, 15) is 15.0 Å². The Labute approximate surface area is 199 Å². The highest BCUT2D eigenvalue weighted by Crippen LogP contribution is 2.60. The summed E-state index contributed by atoms with van der Waals surface area (Å²) in [5, 5.41) is 25.1. The van der Waals surface area contributed by atoms with Crippen LogP contribution in [0.3, 0.4) is 0 Å². The van der Waals surface area contributed by atoms with Crippen molar-refractivity contribution < 1.29 is 15.0 Å². The van der Waals surface area contributed by atoms with Crippen molar-refractivity contribution >= 4 is 27.6 Å². The number of halogens is 1. The molecule has 1 aliphatic heterocycles. The van der Waals surface area contributed by atoms with Crippen molar-refractivity contribution in [2.45, 2.75) is 63.8 Å². The Kier molecular flexibility index (Phi) is 5.84. The third kappa shape index (κ3) is 3.79. The van der Waals surface area contributed by atoms with E-state index in [1.165, 1.54) is 12.1 Å². The largest absolute Gasteiger partial charge is 0.481 e. The van der Waals surface area contributed by atoms with Gasteiger partial charge in [-0.25, -0.2) is 0 Å². The van der Waals surface area contributed by atoms with Gasteiger partial charge in [-0.3, -0.25) is 15.0 Å². The van der Waals surface area contributed by atoms with E-state index < -0.39 is 23.2 Å². The van der Waals surface area contributed by atoms with Crippen LogP contribution in [0.2, 0.25) is 0 Å². The van der Waals surface area contributed by atoms with Gasteiger partial charge in [0, 0.05) is 42.4 Å². The van der Waals surface area contributed by atoms with E-state index in [2.05, 4.69) is 69.2 Å². The number of carboxylic acids is 1. The molecule has 0 radical (unpaired) electrons. The first-order valence-corrected chi connectivity index (χ1v) is 12.9. The van der Waals surface area contributed by atoms with Crippen LogP contribution in [0.25, 0.3) is 0 Å². The quantitative estimate of drug-likeness (QED) is 0.513. The van der Waals surface area contributed by atoms with Crippen molar-refractivity contribution in [1.82, 2.24) is 10.2 Å². The number of carboxylic acid groups (broad SMARTS) is 1. The van der Waals surface area contributed by atoms with Crippen LogP contribution in [0.4, 0.5) is 5.69 Å². The lowest BCUT2D eigenvalue weighted by Gasteiger charge is -2.60. The summed E-state index contributed by atoms with van der Waals surface area (Å²) >= 11 is 3.50. The average molecular weight is 506 g/mol. The number of hydrogen-bond acceptors (Lipinski definition) is 5. The van der Waals surface area contributed by atoms with Gasteiger partial charge in [0.2, 0.25) is 0 Å². The van der Waals surface area contributed by atoms with Crippen LogP contribution in [-0.4, -0.2) is 65.1 Å². The predicted molar refractivity (Wildman–Crippen MR) is 129 cm³/mol. The number of nitrogens with one attached hydrogen (secondary N) is 1. The fourth-order valence-corrected chi connectivity index (χ4v) is 7.65. The maximum Gasteiger partial charge on any atom is 0.311 e. The highest BCUT2D eigenvalue weighted by atomic mass is 79.9. The molecule has 1 heterocycles. The molecule has 4 aliphatic carbocycles. The van der Waals surface area contributed by atoms with Gasteiger partial charge in [0.25, 0.3) is 0 Å². The molecule has 4 saturated carbocycles. The monoisotopic (exact) mass is 505 g/mol. The number of hydrogen-bond donors (Lipinski definition) is 3. The van der Waals surface area contributed by atoms with Gasteiger partial charge in [-0.05, 0) is 88.0 Å². The third-order valence-corrected chi connectivity index (χ3v) is 9.56. The number of rotatable bonds is 6. The number of nitrogens with zero attached hydrogens (tertiary/aromatic N) is 2. The molecule has 1 aromatic rings. The molecule has 4 bridgehead atoms. The van der Waals surface area contributed by atoms with Crippen molar-refractivity contribution in [3.8, 4) is 0 Å². The van der Waals surface area contributed by atoms with Crippen LogP contribution in [0.1, 0.15) is 46.0 Å².